The molecular weight excluding hydrogens is 414 g/mol. The van der Waals surface area contributed by atoms with Crippen molar-refractivity contribution in [2.75, 3.05) is 5.32 Å². The molecule has 156 valence electrons. The van der Waals surface area contributed by atoms with E-state index in [2.05, 4.69) is 10.3 Å². The zero-order valence-electron chi connectivity index (χ0n) is 16.7. The first-order valence-electron chi connectivity index (χ1n) is 10.3. The Hall–Kier alpha value is -3.12. The monoisotopic (exact) mass is 434 g/mol. The van der Waals surface area contributed by atoms with Crippen LogP contribution in [-0.4, -0.2) is 10.8 Å². The first-order valence-corrected chi connectivity index (χ1v) is 11.2. The topological polar surface area (TPSA) is 42.0 Å². The molecule has 3 nitrogen and oxygen atoms in total. The van der Waals surface area contributed by atoms with Crippen LogP contribution in [0.3, 0.4) is 0 Å². The lowest BCUT2D eigenvalue weighted by molar-refractivity contribution is 0.0923. The van der Waals surface area contributed by atoms with Crippen molar-refractivity contribution in [3.05, 3.63) is 77.9 Å². The summed E-state index contributed by atoms with van der Waals surface area (Å²) in [5.41, 5.74) is 3.27. The third-order valence-electron chi connectivity index (χ3n) is 5.79. The predicted molar refractivity (Wildman–Crippen MR) is 121 cm³/mol. The highest BCUT2D eigenvalue weighted by molar-refractivity contribution is 7.22. The van der Waals surface area contributed by atoms with E-state index in [0.29, 0.717) is 21.0 Å². The van der Waals surface area contributed by atoms with Crippen molar-refractivity contribution in [1.29, 1.82) is 0 Å². The standard InChI is InChI=1S/C25H20F2N2OS/c26-19-10-12-22-23(14-19)31-25(29-22)28-21-11-9-18(13-20(21)27)15-5-7-17(8-6-15)24(30)16-3-1-2-4-16/h5-14,16H,1-4H2,(H,28,29). The molecule has 1 fully saturated rings. The fourth-order valence-electron chi connectivity index (χ4n) is 4.11. The number of rotatable bonds is 5. The maximum atomic E-state index is 14.8. The van der Waals surface area contributed by atoms with Crippen LogP contribution in [0.5, 0.6) is 0 Å². The molecule has 0 radical (unpaired) electrons. The molecule has 1 aliphatic carbocycles. The molecule has 5 rings (SSSR count). The summed E-state index contributed by atoms with van der Waals surface area (Å²) in [6.07, 6.45) is 4.21. The number of anilines is 2. The van der Waals surface area contributed by atoms with Gasteiger partial charge in [0, 0.05) is 11.5 Å². The number of Topliss-reactive ketones (excluding diaryl/α,β-unsaturated/α-hetero) is 1. The zero-order chi connectivity index (χ0) is 21.4. The average molecular weight is 435 g/mol. The van der Waals surface area contributed by atoms with Crippen molar-refractivity contribution in [2.24, 2.45) is 5.92 Å². The normalized spacial score (nSPS) is 14.3. The number of benzene rings is 3. The Balaban J connectivity index is 1.34. The molecule has 31 heavy (non-hydrogen) atoms. The molecule has 6 heteroatoms. The number of aromatic nitrogens is 1. The van der Waals surface area contributed by atoms with Crippen LogP contribution >= 0.6 is 11.3 Å². The van der Waals surface area contributed by atoms with Crippen LogP contribution < -0.4 is 5.32 Å². The number of halogens is 2. The van der Waals surface area contributed by atoms with Gasteiger partial charge in [0.05, 0.1) is 15.9 Å². The molecule has 0 saturated heterocycles. The maximum absolute atomic E-state index is 14.8. The highest BCUT2D eigenvalue weighted by Gasteiger charge is 2.23. The van der Waals surface area contributed by atoms with Gasteiger partial charge in [-0.15, -0.1) is 0 Å². The van der Waals surface area contributed by atoms with Crippen molar-refractivity contribution in [2.45, 2.75) is 25.7 Å². The van der Waals surface area contributed by atoms with E-state index in [4.69, 9.17) is 0 Å². The molecule has 1 saturated carbocycles. The first kappa shape index (κ1) is 19.8. The lowest BCUT2D eigenvalue weighted by Crippen LogP contribution is -2.10. The van der Waals surface area contributed by atoms with Crippen molar-refractivity contribution >= 4 is 38.2 Å². The van der Waals surface area contributed by atoms with Crippen molar-refractivity contribution < 1.29 is 13.6 Å². The number of nitrogens with zero attached hydrogens (tertiary/aromatic N) is 1. The van der Waals surface area contributed by atoms with E-state index >= 15 is 0 Å². The molecule has 3 aromatic carbocycles. The van der Waals surface area contributed by atoms with E-state index < -0.39 is 5.82 Å². The molecule has 0 atom stereocenters. The van der Waals surface area contributed by atoms with Gasteiger partial charge in [0.2, 0.25) is 0 Å². The molecule has 0 aliphatic heterocycles. The lowest BCUT2D eigenvalue weighted by atomic mass is 9.94. The Morgan fingerprint density at radius 2 is 1.68 bits per heavy atom. The Morgan fingerprint density at radius 3 is 2.42 bits per heavy atom. The molecule has 0 amide bonds. The average Bonchev–Trinajstić information content (AvgIpc) is 3.44. The fraction of sp³-hybridized carbons (Fsp3) is 0.200. The summed E-state index contributed by atoms with van der Waals surface area (Å²) in [4.78, 5) is 16.9. The summed E-state index contributed by atoms with van der Waals surface area (Å²) in [7, 11) is 0. The fourth-order valence-corrected chi connectivity index (χ4v) is 5.02. The lowest BCUT2D eigenvalue weighted by Gasteiger charge is -2.10. The van der Waals surface area contributed by atoms with E-state index in [1.165, 1.54) is 29.5 Å². The van der Waals surface area contributed by atoms with Crippen LogP contribution in [0, 0.1) is 17.6 Å². The van der Waals surface area contributed by atoms with E-state index in [1.54, 1.807) is 12.1 Å². The largest absolute Gasteiger partial charge is 0.329 e. The van der Waals surface area contributed by atoms with Crippen LogP contribution in [0.15, 0.2) is 60.7 Å². The molecule has 1 N–H and O–H groups in total. The van der Waals surface area contributed by atoms with E-state index in [9.17, 15) is 13.6 Å². The van der Waals surface area contributed by atoms with Crippen LogP contribution in [0.4, 0.5) is 19.6 Å². The molecule has 1 heterocycles. The van der Waals surface area contributed by atoms with Gasteiger partial charge in [-0.1, -0.05) is 54.5 Å². The molecule has 4 aromatic rings. The minimum absolute atomic E-state index is 0.146. The number of ketones is 1. The van der Waals surface area contributed by atoms with Gasteiger partial charge in [0.15, 0.2) is 10.9 Å². The molecule has 1 aromatic heterocycles. The Kier molecular flexibility index (Phi) is 5.24. The van der Waals surface area contributed by atoms with Gasteiger partial charge in [-0.05, 0) is 54.3 Å². The summed E-state index contributed by atoms with van der Waals surface area (Å²) >= 11 is 1.27. The molecule has 0 bridgehead atoms. The zero-order valence-corrected chi connectivity index (χ0v) is 17.5. The summed E-state index contributed by atoms with van der Waals surface area (Å²) in [5.74, 6) is -0.374. The van der Waals surface area contributed by atoms with Crippen LogP contribution in [-0.2, 0) is 0 Å². The molecule has 0 spiro atoms. The summed E-state index contributed by atoms with van der Waals surface area (Å²) in [5, 5.41) is 3.48. The Morgan fingerprint density at radius 1 is 0.935 bits per heavy atom. The summed E-state index contributed by atoms with van der Waals surface area (Å²) in [6, 6.07) is 16.7. The van der Waals surface area contributed by atoms with E-state index in [-0.39, 0.29) is 17.5 Å². The SMILES string of the molecule is O=C(c1ccc(-c2ccc(Nc3nc4ccc(F)cc4s3)c(F)c2)cc1)C1CCCC1. The number of thiazole rings is 1. The number of carbonyl (C=O) groups excluding carboxylic acids is 1. The van der Waals surface area contributed by atoms with E-state index in [0.717, 1.165) is 42.4 Å². The van der Waals surface area contributed by atoms with Crippen LogP contribution in [0.1, 0.15) is 36.0 Å². The third kappa shape index (κ3) is 4.08. The summed E-state index contributed by atoms with van der Waals surface area (Å²) in [6.45, 7) is 0. The smallest absolute Gasteiger partial charge is 0.188 e. The van der Waals surface area contributed by atoms with Crippen LogP contribution in [0.2, 0.25) is 0 Å². The second-order valence-corrected chi connectivity index (χ2v) is 8.90. The molecule has 1 aliphatic rings. The van der Waals surface area contributed by atoms with Crippen molar-refractivity contribution in [3.8, 4) is 11.1 Å². The second kappa shape index (κ2) is 8.19. The first-order chi connectivity index (χ1) is 15.1. The van der Waals surface area contributed by atoms with Gasteiger partial charge >= 0.3 is 0 Å². The van der Waals surface area contributed by atoms with E-state index in [1.807, 2.05) is 30.3 Å². The number of fused-ring (bicyclic) bond motifs is 1. The van der Waals surface area contributed by atoms with Gasteiger partial charge in [-0.3, -0.25) is 4.79 Å². The van der Waals surface area contributed by atoms with Gasteiger partial charge in [0.1, 0.15) is 11.6 Å². The minimum atomic E-state index is -0.408. The number of nitrogens with one attached hydrogen (secondary N) is 1. The number of hydrogen-bond donors (Lipinski definition) is 1. The molecule has 0 unspecified atom stereocenters. The van der Waals surface area contributed by atoms with Gasteiger partial charge in [-0.25, -0.2) is 13.8 Å². The van der Waals surface area contributed by atoms with Crippen LogP contribution in [0.25, 0.3) is 21.3 Å². The minimum Gasteiger partial charge on any atom is -0.329 e. The third-order valence-corrected chi connectivity index (χ3v) is 6.72. The Bertz CT molecular complexity index is 1260. The van der Waals surface area contributed by atoms with Gasteiger partial charge < -0.3 is 5.32 Å². The highest BCUT2D eigenvalue weighted by atomic mass is 32.1. The predicted octanol–water partition coefficient (Wildman–Crippen LogP) is 7.36. The number of hydrogen-bond acceptors (Lipinski definition) is 4. The van der Waals surface area contributed by atoms with Gasteiger partial charge in [0.25, 0.3) is 0 Å². The quantitative estimate of drug-likeness (QED) is 0.334. The van der Waals surface area contributed by atoms with Crippen molar-refractivity contribution in [1.82, 2.24) is 4.98 Å². The highest BCUT2D eigenvalue weighted by Crippen LogP contribution is 2.32. The van der Waals surface area contributed by atoms with Crippen molar-refractivity contribution in [3.63, 3.8) is 0 Å². The number of carbonyl (C=O) groups is 1. The summed E-state index contributed by atoms with van der Waals surface area (Å²) < 4.78 is 28.8. The Labute approximate surface area is 182 Å². The maximum Gasteiger partial charge on any atom is 0.188 e. The molecular formula is C25H20F2N2OS. The second-order valence-electron chi connectivity index (χ2n) is 7.87. The van der Waals surface area contributed by atoms with Gasteiger partial charge in [-0.2, -0.15) is 0 Å².